The Hall–Kier alpha value is -1.46. The lowest BCUT2D eigenvalue weighted by atomic mass is 9.87. The van der Waals surface area contributed by atoms with E-state index in [1.807, 2.05) is 13.0 Å². The standard InChI is InChI=1S/C17H25N3O2/c1-12-9-13(11-18-10-12)17(22)19-14-5-4-6-15(16(14)21)20-7-2-3-8-20/h9-11,14-16,21H,2-8H2,1H3,(H,19,22)/t14-,15-,16-/m1/s1. The summed E-state index contributed by atoms with van der Waals surface area (Å²) in [6.07, 6.45) is 8.19. The number of amides is 1. The lowest BCUT2D eigenvalue weighted by Gasteiger charge is -2.40. The number of pyridine rings is 1. The van der Waals surface area contributed by atoms with Crippen LogP contribution < -0.4 is 5.32 Å². The highest BCUT2D eigenvalue weighted by Gasteiger charge is 2.37. The van der Waals surface area contributed by atoms with E-state index in [1.54, 1.807) is 12.4 Å². The minimum absolute atomic E-state index is 0.137. The fraction of sp³-hybridized carbons (Fsp3) is 0.647. The molecule has 120 valence electrons. The van der Waals surface area contributed by atoms with Crippen LogP contribution in [0.1, 0.15) is 48.0 Å². The number of carbonyl (C=O) groups is 1. The monoisotopic (exact) mass is 303 g/mol. The van der Waals surface area contributed by atoms with Crippen molar-refractivity contribution in [1.29, 1.82) is 0 Å². The van der Waals surface area contributed by atoms with Crippen LogP contribution in [0.25, 0.3) is 0 Å². The van der Waals surface area contributed by atoms with Gasteiger partial charge in [-0.05, 0) is 63.7 Å². The molecular formula is C17H25N3O2. The Kier molecular flexibility index (Phi) is 4.74. The number of hydrogen-bond acceptors (Lipinski definition) is 4. The zero-order valence-electron chi connectivity index (χ0n) is 13.2. The minimum atomic E-state index is -0.478. The van der Waals surface area contributed by atoms with E-state index in [9.17, 15) is 9.90 Å². The van der Waals surface area contributed by atoms with Crippen LogP contribution in [0, 0.1) is 6.92 Å². The summed E-state index contributed by atoms with van der Waals surface area (Å²) in [6, 6.07) is 1.86. The Morgan fingerprint density at radius 3 is 2.77 bits per heavy atom. The number of aliphatic hydroxyl groups excluding tert-OH is 1. The molecule has 1 saturated carbocycles. The molecule has 0 aromatic carbocycles. The van der Waals surface area contributed by atoms with Crippen molar-refractivity contribution in [2.45, 2.75) is 57.2 Å². The molecule has 1 aliphatic heterocycles. The summed E-state index contributed by atoms with van der Waals surface area (Å²) >= 11 is 0. The Morgan fingerprint density at radius 1 is 1.27 bits per heavy atom. The van der Waals surface area contributed by atoms with E-state index in [0.29, 0.717) is 5.56 Å². The maximum Gasteiger partial charge on any atom is 0.253 e. The lowest BCUT2D eigenvalue weighted by molar-refractivity contribution is 0.00703. The molecule has 2 fully saturated rings. The molecule has 1 aromatic heterocycles. The first-order valence-electron chi connectivity index (χ1n) is 8.30. The van der Waals surface area contributed by atoms with Gasteiger partial charge in [0.05, 0.1) is 17.7 Å². The second-order valence-corrected chi connectivity index (χ2v) is 6.56. The van der Waals surface area contributed by atoms with Gasteiger partial charge < -0.3 is 10.4 Å². The van der Waals surface area contributed by atoms with Crippen molar-refractivity contribution in [2.24, 2.45) is 0 Å². The number of nitrogens with one attached hydrogen (secondary N) is 1. The number of aryl methyl sites for hydroxylation is 1. The van der Waals surface area contributed by atoms with Crippen LogP contribution in [0.5, 0.6) is 0 Å². The molecular weight excluding hydrogens is 278 g/mol. The molecule has 2 heterocycles. The van der Waals surface area contributed by atoms with Crippen molar-refractivity contribution in [3.05, 3.63) is 29.6 Å². The maximum absolute atomic E-state index is 12.4. The van der Waals surface area contributed by atoms with Gasteiger partial charge in [-0.3, -0.25) is 14.7 Å². The molecule has 0 spiro atoms. The summed E-state index contributed by atoms with van der Waals surface area (Å²) in [4.78, 5) is 18.8. The van der Waals surface area contributed by atoms with Crippen LogP contribution in [-0.4, -0.2) is 52.2 Å². The maximum atomic E-state index is 12.4. The van der Waals surface area contributed by atoms with E-state index >= 15 is 0 Å². The molecule has 5 nitrogen and oxygen atoms in total. The average molecular weight is 303 g/mol. The molecule has 1 amide bonds. The molecule has 2 aliphatic rings. The van der Waals surface area contributed by atoms with Crippen LogP contribution in [-0.2, 0) is 0 Å². The van der Waals surface area contributed by atoms with Gasteiger partial charge in [-0.2, -0.15) is 0 Å². The third-order valence-electron chi connectivity index (χ3n) is 4.88. The first kappa shape index (κ1) is 15.4. The van der Waals surface area contributed by atoms with Gasteiger partial charge in [0.2, 0.25) is 0 Å². The van der Waals surface area contributed by atoms with Crippen molar-refractivity contribution < 1.29 is 9.90 Å². The van der Waals surface area contributed by atoms with Gasteiger partial charge in [0.25, 0.3) is 5.91 Å². The topological polar surface area (TPSA) is 65.5 Å². The minimum Gasteiger partial charge on any atom is -0.389 e. The molecule has 5 heteroatoms. The highest BCUT2D eigenvalue weighted by atomic mass is 16.3. The number of aromatic nitrogens is 1. The Balaban J connectivity index is 1.65. The zero-order valence-corrected chi connectivity index (χ0v) is 13.2. The van der Waals surface area contributed by atoms with E-state index in [-0.39, 0.29) is 18.0 Å². The molecule has 0 radical (unpaired) electrons. The van der Waals surface area contributed by atoms with Crippen LogP contribution in [0.15, 0.2) is 18.5 Å². The van der Waals surface area contributed by atoms with Crippen LogP contribution in [0.3, 0.4) is 0 Å². The summed E-state index contributed by atoms with van der Waals surface area (Å²) in [5.41, 5.74) is 1.53. The Morgan fingerprint density at radius 2 is 2.05 bits per heavy atom. The number of hydrogen-bond donors (Lipinski definition) is 2. The van der Waals surface area contributed by atoms with Crippen LogP contribution >= 0.6 is 0 Å². The van der Waals surface area contributed by atoms with E-state index in [4.69, 9.17) is 0 Å². The zero-order chi connectivity index (χ0) is 15.5. The van der Waals surface area contributed by atoms with Gasteiger partial charge in [-0.25, -0.2) is 0 Å². The molecule has 1 saturated heterocycles. The Labute approximate surface area is 131 Å². The van der Waals surface area contributed by atoms with Crippen molar-refractivity contribution in [2.75, 3.05) is 13.1 Å². The number of rotatable bonds is 3. The smallest absolute Gasteiger partial charge is 0.253 e. The third kappa shape index (κ3) is 3.31. The Bertz CT molecular complexity index is 528. The SMILES string of the molecule is Cc1cncc(C(=O)N[C@@H]2CCC[C@@H](N3CCCC3)[C@@H]2O)c1. The van der Waals surface area contributed by atoms with Gasteiger partial charge >= 0.3 is 0 Å². The van der Waals surface area contributed by atoms with E-state index in [1.165, 1.54) is 12.8 Å². The first-order chi connectivity index (χ1) is 10.6. The highest BCUT2D eigenvalue weighted by molar-refractivity contribution is 5.94. The van der Waals surface area contributed by atoms with Crippen LogP contribution in [0.4, 0.5) is 0 Å². The second-order valence-electron chi connectivity index (χ2n) is 6.56. The molecule has 0 unspecified atom stereocenters. The number of carbonyl (C=O) groups excluding carboxylic acids is 1. The van der Waals surface area contributed by atoms with Gasteiger partial charge in [-0.15, -0.1) is 0 Å². The van der Waals surface area contributed by atoms with Gasteiger partial charge in [0.15, 0.2) is 0 Å². The predicted octanol–water partition coefficient (Wildman–Crippen LogP) is 1.50. The number of aliphatic hydroxyl groups is 1. The molecule has 3 atom stereocenters. The van der Waals surface area contributed by atoms with E-state index in [0.717, 1.165) is 37.9 Å². The van der Waals surface area contributed by atoms with Crippen molar-refractivity contribution >= 4 is 5.91 Å². The summed E-state index contributed by atoms with van der Waals surface area (Å²) in [5, 5.41) is 13.7. The fourth-order valence-electron chi connectivity index (χ4n) is 3.72. The highest BCUT2D eigenvalue weighted by Crippen LogP contribution is 2.26. The number of nitrogens with zero attached hydrogens (tertiary/aromatic N) is 2. The summed E-state index contributed by atoms with van der Waals surface area (Å²) < 4.78 is 0. The van der Waals surface area contributed by atoms with Crippen molar-refractivity contribution in [1.82, 2.24) is 15.2 Å². The largest absolute Gasteiger partial charge is 0.389 e. The second kappa shape index (κ2) is 6.75. The first-order valence-corrected chi connectivity index (χ1v) is 8.30. The fourth-order valence-corrected chi connectivity index (χ4v) is 3.72. The number of likely N-dealkylation sites (tertiary alicyclic amines) is 1. The quantitative estimate of drug-likeness (QED) is 0.888. The van der Waals surface area contributed by atoms with Gasteiger partial charge in [0.1, 0.15) is 0 Å². The van der Waals surface area contributed by atoms with Crippen LogP contribution in [0.2, 0.25) is 0 Å². The predicted molar refractivity (Wildman–Crippen MR) is 84.7 cm³/mol. The van der Waals surface area contributed by atoms with Crippen molar-refractivity contribution in [3.8, 4) is 0 Å². The molecule has 0 bridgehead atoms. The van der Waals surface area contributed by atoms with E-state index < -0.39 is 6.10 Å². The lowest BCUT2D eigenvalue weighted by Crippen LogP contribution is -2.56. The van der Waals surface area contributed by atoms with Crippen molar-refractivity contribution in [3.63, 3.8) is 0 Å². The molecule has 1 aromatic rings. The normalized spacial score (nSPS) is 29.5. The third-order valence-corrected chi connectivity index (χ3v) is 4.88. The summed E-state index contributed by atoms with van der Waals surface area (Å²) in [5.74, 6) is -0.137. The summed E-state index contributed by atoms with van der Waals surface area (Å²) in [6.45, 7) is 4.07. The van der Waals surface area contributed by atoms with Gasteiger partial charge in [-0.1, -0.05) is 0 Å². The molecule has 2 N–H and O–H groups in total. The van der Waals surface area contributed by atoms with E-state index in [2.05, 4.69) is 15.2 Å². The summed E-state index contributed by atoms with van der Waals surface area (Å²) in [7, 11) is 0. The molecule has 1 aliphatic carbocycles. The average Bonchev–Trinajstić information content (AvgIpc) is 3.03. The molecule has 22 heavy (non-hydrogen) atoms. The molecule has 3 rings (SSSR count). The van der Waals surface area contributed by atoms with Gasteiger partial charge in [0, 0.05) is 18.4 Å².